The first-order chi connectivity index (χ1) is 11.3. The molecule has 2 heterocycles. The number of tetrazole rings is 1. The molecule has 116 valence electrons. The second kappa shape index (κ2) is 7.26. The summed E-state index contributed by atoms with van der Waals surface area (Å²) in [7, 11) is 0. The fourth-order valence-corrected chi connectivity index (χ4v) is 2.30. The summed E-state index contributed by atoms with van der Waals surface area (Å²) in [6.07, 6.45) is 3.85. The molecule has 1 amide bonds. The van der Waals surface area contributed by atoms with Crippen molar-refractivity contribution in [1.29, 1.82) is 0 Å². The first kappa shape index (κ1) is 14.8. The molecule has 0 spiro atoms. The SMILES string of the molecule is O=C(NCCc1ccccn1)[C@@H](c1ccccc1)n1cnnn1. The summed E-state index contributed by atoms with van der Waals surface area (Å²) in [6.45, 7) is 0.501. The van der Waals surface area contributed by atoms with Gasteiger partial charge in [0.05, 0.1) is 0 Å². The Labute approximate surface area is 133 Å². The first-order valence-corrected chi connectivity index (χ1v) is 7.29. The van der Waals surface area contributed by atoms with Crippen LogP contribution in [0.2, 0.25) is 0 Å². The highest BCUT2D eigenvalue weighted by Gasteiger charge is 2.23. The number of pyridine rings is 1. The van der Waals surface area contributed by atoms with E-state index in [1.807, 2.05) is 48.5 Å². The molecular formula is C16H16N6O. The third-order valence-corrected chi connectivity index (χ3v) is 3.40. The van der Waals surface area contributed by atoms with Gasteiger partial charge in [0, 0.05) is 24.9 Å². The van der Waals surface area contributed by atoms with E-state index in [2.05, 4.69) is 25.8 Å². The summed E-state index contributed by atoms with van der Waals surface area (Å²) in [5.74, 6) is -0.153. The second-order valence-corrected chi connectivity index (χ2v) is 4.97. The number of amides is 1. The van der Waals surface area contributed by atoms with Crippen LogP contribution in [-0.4, -0.2) is 37.6 Å². The quantitative estimate of drug-likeness (QED) is 0.734. The number of rotatable bonds is 6. The number of hydrogen-bond acceptors (Lipinski definition) is 5. The predicted molar refractivity (Wildman–Crippen MR) is 83.3 cm³/mol. The van der Waals surface area contributed by atoms with E-state index in [4.69, 9.17) is 0 Å². The van der Waals surface area contributed by atoms with Crippen LogP contribution in [0.4, 0.5) is 0 Å². The van der Waals surface area contributed by atoms with Crippen LogP contribution < -0.4 is 5.32 Å². The number of aromatic nitrogens is 5. The van der Waals surface area contributed by atoms with Gasteiger partial charge in [-0.25, -0.2) is 4.68 Å². The molecule has 0 saturated heterocycles. The molecule has 0 unspecified atom stereocenters. The van der Waals surface area contributed by atoms with Crippen molar-refractivity contribution in [3.63, 3.8) is 0 Å². The Morgan fingerprint density at radius 2 is 1.96 bits per heavy atom. The number of nitrogens with zero attached hydrogens (tertiary/aromatic N) is 5. The van der Waals surface area contributed by atoms with Gasteiger partial charge < -0.3 is 5.32 Å². The minimum atomic E-state index is -0.588. The lowest BCUT2D eigenvalue weighted by Crippen LogP contribution is -2.35. The third-order valence-electron chi connectivity index (χ3n) is 3.40. The Bertz CT molecular complexity index is 730. The Kier molecular flexibility index (Phi) is 4.68. The summed E-state index contributed by atoms with van der Waals surface area (Å²) in [6, 6.07) is 14.6. The van der Waals surface area contributed by atoms with Crippen LogP contribution in [0.15, 0.2) is 61.1 Å². The van der Waals surface area contributed by atoms with Crippen molar-refractivity contribution in [2.24, 2.45) is 0 Å². The van der Waals surface area contributed by atoms with Crippen LogP contribution in [0.3, 0.4) is 0 Å². The van der Waals surface area contributed by atoms with Crippen LogP contribution in [0.5, 0.6) is 0 Å². The molecule has 23 heavy (non-hydrogen) atoms. The van der Waals surface area contributed by atoms with E-state index in [1.54, 1.807) is 6.20 Å². The monoisotopic (exact) mass is 308 g/mol. The molecule has 2 aromatic heterocycles. The molecule has 1 atom stereocenters. The lowest BCUT2D eigenvalue weighted by Gasteiger charge is -2.16. The molecule has 7 heteroatoms. The molecule has 0 aliphatic rings. The minimum Gasteiger partial charge on any atom is -0.354 e. The number of carbonyl (C=O) groups is 1. The van der Waals surface area contributed by atoms with E-state index in [9.17, 15) is 4.79 Å². The molecule has 0 aliphatic heterocycles. The van der Waals surface area contributed by atoms with Gasteiger partial charge in [0.2, 0.25) is 5.91 Å². The summed E-state index contributed by atoms with van der Waals surface area (Å²) in [5, 5.41) is 14.0. The van der Waals surface area contributed by atoms with Crippen molar-refractivity contribution in [2.75, 3.05) is 6.54 Å². The fraction of sp³-hybridized carbons (Fsp3) is 0.188. The largest absolute Gasteiger partial charge is 0.354 e. The highest BCUT2D eigenvalue weighted by atomic mass is 16.2. The highest BCUT2D eigenvalue weighted by molar-refractivity contribution is 5.83. The summed E-state index contributed by atoms with van der Waals surface area (Å²) in [4.78, 5) is 16.8. The zero-order valence-electron chi connectivity index (χ0n) is 12.4. The average molecular weight is 308 g/mol. The lowest BCUT2D eigenvalue weighted by molar-refractivity contribution is -0.123. The van der Waals surface area contributed by atoms with Gasteiger partial charge >= 0.3 is 0 Å². The maximum Gasteiger partial charge on any atom is 0.249 e. The van der Waals surface area contributed by atoms with Crippen LogP contribution in [0.25, 0.3) is 0 Å². The topological polar surface area (TPSA) is 85.6 Å². The maximum absolute atomic E-state index is 12.6. The van der Waals surface area contributed by atoms with Gasteiger partial charge in [-0.05, 0) is 28.1 Å². The number of hydrogen-bond donors (Lipinski definition) is 1. The predicted octanol–water partition coefficient (Wildman–Crippen LogP) is 1.02. The van der Waals surface area contributed by atoms with E-state index < -0.39 is 6.04 Å². The summed E-state index contributed by atoms with van der Waals surface area (Å²) in [5.41, 5.74) is 1.77. The summed E-state index contributed by atoms with van der Waals surface area (Å²) < 4.78 is 1.45. The van der Waals surface area contributed by atoms with E-state index >= 15 is 0 Å². The summed E-state index contributed by atoms with van der Waals surface area (Å²) >= 11 is 0. The van der Waals surface area contributed by atoms with Crippen molar-refractivity contribution >= 4 is 5.91 Å². The Hall–Kier alpha value is -3.09. The molecule has 0 radical (unpaired) electrons. The average Bonchev–Trinajstić information content (AvgIpc) is 3.11. The Balaban J connectivity index is 1.69. The normalized spacial score (nSPS) is 11.8. The standard InChI is InChI=1S/C16H16N6O/c23-16(18-11-9-14-8-4-5-10-17-14)15(22-12-19-20-21-22)13-6-2-1-3-7-13/h1-8,10,12,15H,9,11H2,(H,18,23)/t15-/m1/s1. The smallest absolute Gasteiger partial charge is 0.249 e. The first-order valence-electron chi connectivity index (χ1n) is 7.29. The molecule has 0 aliphatic carbocycles. The lowest BCUT2D eigenvalue weighted by atomic mass is 10.1. The second-order valence-electron chi connectivity index (χ2n) is 4.97. The molecule has 0 bridgehead atoms. The van der Waals surface area contributed by atoms with Crippen LogP contribution >= 0.6 is 0 Å². The van der Waals surface area contributed by atoms with Gasteiger partial charge in [0.15, 0.2) is 6.04 Å². The van der Waals surface area contributed by atoms with Gasteiger partial charge in [-0.1, -0.05) is 36.4 Å². The van der Waals surface area contributed by atoms with Crippen molar-refractivity contribution in [3.05, 3.63) is 72.3 Å². The number of benzene rings is 1. The van der Waals surface area contributed by atoms with Gasteiger partial charge in [-0.2, -0.15) is 0 Å². The molecule has 3 rings (SSSR count). The Morgan fingerprint density at radius 1 is 1.13 bits per heavy atom. The van der Waals surface area contributed by atoms with Crippen molar-refractivity contribution in [1.82, 2.24) is 30.5 Å². The fourth-order valence-electron chi connectivity index (χ4n) is 2.30. The van der Waals surface area contributed by atoms with Gasteiger partial charge in [-0.3, -0.25) is 9.78 Å². The molecular weight excluding hydrogens is 292 g/mol. The zero-order valence-corrected chi connectivity index (χ0v) is 12.4. The van der Waals surface area contributed by atoms with Crippen molar-refractivity contribution < 1.29 is 4.79 Å². The number of carbonyl (C=O) groups excluding carboxylic acids is 1. The minimum absolute atomic E-state index is 0.153. The van der Waals surface area contributed by atoms with Gasteiger partial charge in [0.1, 0.15) is 6.33 Å². The maximum atomic E-state index is 12.6. The van der Waals surface area contributed by atoms with E-state index in [0.29, 0.717) is 13.0 Å². The Morgan fingerprint density at radius 3 is 2.65 bits per heavy atom. The van der Waals surface area contributed by atoms with Crippen molar-refractivity contribution in [2.45, 2.75) is 12.5 Å². The molecule has 1 aromatic carbocycles. The molecule has 7 nitrogen and oxygen atoms in total. The highest BCUT2D eigenvalue weighted by Crippen LogP contribution is 2.16. The van der Waals surface area contributed by atoms with E-state index in [-0.39, 0.29) is 5.91 Å². The van der Waals surface area contributed by atoms with Gasteiger partial charge in [-0.15, -0.1) is 5.10 Å². The van der Waals surface area contributed by atoms with Crippen LogP contribution in [0, 0.1) is 0 Å². The molecule has 1 N–H and O–H groups in total. The van der Waals surface area contributed by atoms with E-state index in [0.717, 1.165) is 11.3 Å². The zero-order chi connectivity index (χ0) is 15.9. The third kappa shape index (κ3) is 3.76. The molecule has 3 aromatic rings. The molecule has 0 fully saturated rings. The van der Waals surface area contributed by atoms with E-state index in [1.165, 1.54) is 11.0 Å². The molecule has 0 saturated carbocycles. The van der Waals surface area contributed by atoms with Crippen LogP contribution in [0.1, 0.15) is 17.3 Å². The number of nitrogens with one attached hydrogen (secondary N) is 1. The van der Waals surface area contributed by atoms with Gasteiger partial charge in [0.25, 0.3) is 0 Å². The van der Waals surface area contributed by atoms with Crippen LogP contribution in [-0.2, 0) is 11.2 Å². The van der Waals surface area contributed by atoms with Crippen molar-refractivity contribution in [3.8, 4) is 0 Å².